The van der Waals surface area contributed by atoms with Crippen molar-refractivity contribution in [2.24, 2.45) is 5.73 Å². The molecule has 16 heavy (non-hydrogen) atoms. The lowest BCUT2D eigenvalue weighted by molar-refractivity contribution is -0.00189. The van der Waals surface area contributed by atoms with Crippen LogP contribution in [-0.2, 0) is 6.42 Å². The van der Waals surface area contributed by atoms with Gasteiger partial charge in [0.1, 0.15) is 0 Å². The van der Waals surface area contributed by atoms with Crippen LogP contribution in [0.15, 0.2) is 24.3 Å². The molecule has 1 aliphatic rings. The fourth-order valence-corrected chi connectivity index (χ4v) is 2.74. The maximum atomic E-state index is 10.5. The van der Waals surface area contributed by atoms with Gasteiger partial charge in [0.15, 0.2) is 0 Å². The van der Waals surface area contributed by atoms with Gasteiger partial charge >= 0.3 is 0 Å². The summed E-state index contributed by atoms with van der Waals surface area (Å²) in [6.07, 6.45) is 4.14. The average Bonchev–Trinajstić information content (AvgIpc) is 2.21. The van der Waals surface area contributed by atoms with Crippen molar-refractivity contribution >= 4 is 11.6 Å². The summed E-state index contributed by atoms with van der Waals surface area (Å²) in [6, 6.07) is 7.82. The Hall–Kier alpha value is -0.570. The first-order chi connectivity index (χ1) is 7.59. The molecule has 0 saturated heterocycles. The summed E-state index contributed by atoms with van der Waals surface area (Å²) in [6.45, 7) is 0. The van der Waals surface area contributed by atoms with Crippen molar-refractivity contribution in [1.82, 2.24) is 0 Å². The van der Waals surface area contributed by atoms with Crippen molar-refractivity contribution < 1.29 is 5.11 Å². The van der Waals surface area contributed by atoms with E-state index in [9.17, 15) is 5.11 Å². The zero-order chi connectivity index (χ0) is 11.6. The zero-order valence-electron chi connectivity index (χ0n) is 9.32. The summed E-state index contributed by atoms with van der Waals surface area (Å²) >= 11 is 6.10. The van der Waals surface area contributed by atoms with Crippen LogP contribution >= 0.6 is 11.6 Å². The molecule has 1 aromatic carbocycles. The van der Waals surface area contributed by atoms with Crippen LogP contribution in [0.2, 0.25) is 5.02 Å². The summed E-state index contributed by atoms with van der Waals surface area (Å²) in [5.41, 5.74) is 6.26. The molecule has 0 heterocycles. The molecule has 1 aliphatic carbocycles. The van der Waals surface area contributed by atoms with Gasteiger partial charge in [-0.05, 0) is 37.3 Å². The Morgan fingerprint density at radius 1 is 1.44 bits per heavy atom. The van der Waals surface area contributed by atoms with E-state index < -0.39 is 5.60 Å². The Morgan fingerprint density at radius 3 is 2.88 bits per heavy atom. The molecule has 2 atom stereocenters. The first-order valence-electron chi connectivity index (χ1n) is 5.80. The highest BCUT2D eigenvalue weighted by Gasteiger charge is 2.33. The Kier molecular flexibility index (Phi) is 3.53. The molecule has 0 radical (unpaired) electrons. The molecule has 1 aromatic rings. The number of benzene rings is 1. The van der Waals surface area contributed by atoms with E-state index in [0.29, 0.717) is 12.8 Å². The van der Waals surface area contributed by atoms with Crippen molar-refractivity contribution in [3.63, 3.8) is 0 Å². The largest absolute Gasteiger partial charge is 0.389 e. The highest BCUT2D eigenvalue weighted by atomic mass is 35.5. The van der Waals surface area contributed by atoms with E-state index >= 15 is 0 Å². The molecular formula is C13H18ClNO. The molecular weight excluding hydrogens is 222 g/mol. The summed E-state index contributed by atoms with van der Waals surface area (Å²) in [5.74, 6) is 0. The van der Waals surface area contributed by atoms with E-state index in [1.807, 2.05) is 24.3 Å². The van der Waals surface area contributed by atoms with Gasteiger partial charge in [0.05, 0.1) is 5.60 Å². The SMILES string of the molecule is NC1CCCC(O)(Cc2ccccc2Cl)C1. The fraction of sp³-hybridized carbons (Fsp3) is 0.538. The lowest BCUT2D eigenvalue weighted by atomic mass is 9.78. The third-order valence-electron chi connectivity index (χ3n) is 3.34. The van der Waals surface area contributed by atoms with Crippen LogP contribution in [0.25, 0.3) is 0 Å². The number of hydrogen-bond donors (Lipinski definition) is 2. The quantitative estimate of drug-likeness (QED) is 0.833. The highest BCUT2D eigenvalue weighted by Crippen LogP contribution is 2.32. The molecule has 3 N–H and O–H groups in total. The Labute approximate surface area is 101 Å². The standard InChI is InChI=1S/C13H18ClNO/c14-12-6-2-1-4-10(12)8-13(16)7-3-5-11(15)9-13/h1-2,4,6,11,16H,3,5,7-9,15H2. The van der Waals surface area contributed by atoms with Crippen LogP contribution in [0.5, 0.6) is 0 Å². The van der Waals surface area contributed by atoms with Gasteiger partial charge in [-0.1, -0.05) is 29.8 Å². The van der Waals surface area contributed by atoms with Crippen molar-refractivity contribution in [3.8, 4) is 0 Å². The van der Waals surface area contributed by atoms with Gasteiger partial charge in [-0.25, -0.2) is 0 Å². The van der Waals surface area contributed by atoms with Crippen LogP contribution in [0, 0.1) is 0 Å². The van der Waals surface area contributed by atoms with Gasteiger partial charge in [0.2, 0.25) is 0 Å². The second-order valence-electron chi connectivity index (χ2n) is 4.85. The van der Waals surface area contributed by atoms with Crippen LogP contribution < -0.4 is 5.73 Å². The molecule has 88 valence electrons. The topological polar surface area (TPSA) is 46.2 Å². The number of hydrogen-bond acceptors (Lipinski definition) is 2. The molecule has 0 spiro atoms. The second kappa shape index (κ2) is 4.74. The third-order valence-corrected chi connectivity index (χ3v) is 3.71. The Balaban J connectivity index is 2.11. The van der Waals surface area contributed by atoms with Gasteiger partial charge in [-0.2, -0.15) is 0 Å². The maximum Gasteiger partial charge on any atom is 0.0703 e. The lowest BCUT2D eigenvalue weighted by Crippen LogP contribution is -2.42. The Morgan fingerprint density at radius 2 is 2.19 bits per heavy atom. The highest BCUT2D eigenvalue weighted by molar-refractivity contribution is 6.31. The number of rotatable bonds is 2. The molecule has 0 aliphatic heterocycles. The van der Waals surface area contributed by atoms with E-state index in [1.54, 1.807) is 0 Å². The van der Waals surface area contributed by atoms with Gasteiger partial charge in [0.25, 0.3) is 0 Å². The van der Waals surface area contributed by atoms with Gasteiger partial charge in [-0.3, -0.25) is 0 Å². The molecule has 3 heteroatoms. The van der Waals surface area contributed by atoms with E-state index in [0.717, 1.165) is 29.8 Å². The van der Waals surface area contributed by atoms with E-state index in [4.69, 9.17) is 17.3 Å². The smallest absolute Gasteiger partial charge is 0.0703 e. The van der Waals surface area contributed by atoms with Crippen molar-refractivity contribution in [2.75, 3.05) is 0 Å². The summed E-state index contributed by atoms with van der Waals surface area (Å²) in [5, 5.41) is 11.2. The minimum Gasteiger partial charge on any atom is -0.389 e. The molecule has 2 nitrogen and oxygen atoms in total. The van der Waals surface area contributed by atoms with Crippen molar-refractivity contribution in [3.05, 3.63) is 34.9 Å². The monoisotopic (exact) mass is 239 g/mol. The van der Waals surface area contributed by atoms with Crippen LogP contribution in [0.3, 0.4) is 0 Å². The number of nitrogens with two attached hydrogens (primary N) is 1. The lowest BCUT2D eigenvalue weighted by Gasteiger charge is -2.35. The van der Waals surface area contributed by atoms with E-state index in [-0.39, 0.29) is 6.04 Å². The molecule has 1 fully saturated rings. The molecule has 2 rings (SSSR count). The molecule has 0 amide bonds. The minimum atomic E-state index is -0.664. The van der Waals surface area contributed by atoms with Crippen LogP contribution in [-0.4, -0.2) is 16.7 Å². The first-order valence-corrected chi connectivity index (χ1v) is 6.18. The fourth-order valence-electron chi connectivity index (χ4n) is 2.54. The number of halogens is 1. The third kappa shape index (κ3) is 2.76. The molecule has 0 bridgehead atoms. The van der Waals surface area contributed by atoms with Gasteiger partial charge in [0, 0.05) is 17.5 Å². The van der Waals surface area contributed by atoms with E-state index in [2.05, 4.69) is 0 Å². The average molecular weight is 240 g/mol. The van der Waals surface area contributed by atoms with E-state index in [1.165, 1.54) is 0 Å². The predicted octanol–water partition coefficient (Wildman–Crippen LogP) is 2.51. The van der Waals surface area contributed by atoms with Crippen LogP contribution in [0.4, 0.5) is 0 Å². The van der Waals surface area contributed by atoms with Crippen molar-refractivity contribution in [2.45, 2.75) is 43.7 Å². The first kappa shape index (κ1) is 11.9. The van der Waals surface area contributed by atoms with Gasteiger partial charge < -0.3 is 10.8 Å². The number of aliphatic hydroxyl groups is 1. The minimum absolute atomic E-state index is 0.126. The van der Waals surface area contributed by atoms with Crippen LogP contribution in [0.1, 0.15) is 31.2 Å². The van der Waals surface area contributed by atoms with Gasteiger partial charge in [-0.15, -0.1) is 0 Å². The second-order valence-corrected chi connectivity index (χ2v) is 5.26. The normalized spacial score (nSPS) is 30.3. The Bertz CT molecular complexity index is 369. The molecule has 0 aromatic heterocycles. The summed E-state index contributed by atoms with van der Waals surface area (Å²) < 4.78 is 0. The molecule has 1 saturated carbocycles. The summed E-state index contributed by atoms with van der Waals surface area (Å²) in [4.78, 5) is 0. The molecule has 2 unspecified atom stereocenters. The zero-order valence-corrected chi connectivity index (χ0v) is 10.1. The maximum absolute atomic E-state index is 10.5. The predicted molar refractivity (Wildman–Crippen MR) is 66.5 cm³/mol. The van der Waals surface area contributed by atoms with Crippen molar-refractivity contribution in [1.29, 1.82) is 0 Å². The summed E-state index contributed by atoms with van der Waals surface area (Å²) in [7, 11) is 0.